The summed E-state index contributed by atoms with van der Waals surface area (Å²) in [5, 5.41) is 0.0470. The molecule has 2 aromatic rings. The van der Waals surface area contributed by atoms with Gasteiger partial charge in [-0.05, 0) is 30.3 Å². The van der Waals surface area contributed by atoms with Gasteiger partial charge in [-0.25, -0.2) is 8.78 Å². The van der Waals surface area contributed by atoms with E-state index >= 15 is 0 Å². The van der Waals surface area contributed by atoms with E-state index in [0.29, 0.717) is 16.3 Å². The molecule has 0 saturated carbocycles. The number of ketones is 1. The highest BCUT2D eigenvalue weighted by Crippen LogP contribution is 2.26. The van der Waals surface area contributed by atoms with Crippen molar-refractivity contribution >= 4 is 29.0 Å². The predicted octanol–water partition coefficient (Wildman–Crippen LogP) is 4.71. The van der Waals surface area contributed by atoms with Crippen molar-refractivity contribution in [1.82, 2.24) is 0 Å². The molecule has 2 nitrogen and oxygen atoms in total. The van der Waals surface area contributed by atoms with Gasteiger partial charge in [0, 0.05) is 17.0 Å². The summed E-state index contributed by atoms with van der Waals surface area (Å²) in [6, 6.07) is 6.32. The molecule has 2 aromatic carbocycles. The number of hydrogen-bond acceptors (Lipinski definition) is 2. The average Bonchev–Trinajstić information content (AvgIpc) is 2.43. The maximum atomic E-state index is 13.7. The Morgan fingerprint density at radius 1 is 1.14 bits per heavy atom. The van der Waals surface area contributed by atoms with Crippen LogP contribution in [0.1, 0.15) is 15.9 Å². The number of carbonyl (C=O) groups excluding carboxylic acids is 1. The SMILES string of the molecule is COc1ccc(Cl)cc1CC(=O)c1cc(F)c(Cl)cc1F. The van der Waals surface area contributed by atoms with Crippen molar-refractivity contribution in [3.8, 4) is 5.75 Å². The number of ether oxygens (including phenoxy) is 1. The molecule has 0 bridgehead atoms. The number of benzene rings is 2. The zero-order chi connectivity index (χ0) is 15.6. The van der Waals surface area contributed by atoms with Gasteiger partial charge in [0.1, 0.15) is 17.4 Å². The van der Waals surface area contributed by atoms with E-state index in [1.807, 2.05) is 0 Å². The molecule has 0 atom stereocenters. The Labute approximate surface area is 130 Å². The van der Waals surface area contributed by atoms with Crippen molar-refractivity contribution in [3.63, 3.8) is 0 Å². The Morgan fingerprint density at radius 3 is 2.52 bits per heavy atom. The third-order valence-corrected chi connectivity index (χ3v) is 3.43. The molecule has 110 valence electrons. The van der Waals surface area contributed by atoms with E-state index in [1.165, 1.54) is 7.11 Å². The van der Waals surface area contributed by atoms with Crippen molar-refractivity contribution in [2.45, 2.75) is 6.42 Å². The summed E-state index contributed by atoms with van der Waals surface area (Å²) < 4.78 is 32.2. The first-order valence-corrected chi connectivity index (χ1v) is 6.68. The predicted molar refractivity (Wildman–Crippen MR) is 77.4 cm³/mol. The number of methoxy groups -OCH3 is 1. The zero-order valence-corrected chi connectivity index (χ0v) is 12.4. The van der Waals surface area contributed by atoms with Crippen LogP contribution in [0.3, 0.4) is 0 Å². The first-order chi connectivity index (χ1) is 9.92. The lowest BCUT2D eigenvalue weighted by Gasteiger charge is -2.09. The Balaban J connectivity index is 2.34. The highest BCUT2D eigenvalue weighted by atomic mass is 35.5. The molecule has 0 fully saturated rings. The largest absolute Gasteiger partial charge is 0.496 e. The van der Waals surface area contributed by atoms with Gasteiger partial charge in [0.05, 0.1) is 17.7 Å². The normalized spacial score (nSPS) is 10.5. The smallest absolute Gasteiger partial charge is 0.170 e. The summed E-state index contributed by atoms with van der Waals surface area (Å²) in [4.78, 5) is 12.1. The fourth-order valence-electron chi connectivity index (χ4n) is 1.89. The van der Waals surface area contributed by atoms with Crippen LogP contribution in [0.15, 0.2) is 30.3 Å². The first kappa shape index (κ1) is 15.7. The van der Waals surface area contributed by atoms with E-state index in [9.17, 15) is 13.6 Å². The van der Waals surface area contributed by atoms with E-state index in [1.54, 1.807) is 18.2 Å². The molecular formula is C15H10Cl2F2O2. The quantitative estimate of drug-likeness (QED) is 0.599. The van der Waals surface area contributed by atoms with Crippen molar-refractivity contribution < 1.29 is 18.3 Å². The van der Waals surface area contributed by atoms with Crippen molar-refractivity contribution in [3.05, 3.63) is 63.1 Å². The van der Waals surface area contributed by atoms with Gasteiger partial charge in [-0.1, -0.05) is 23.2 Å². The van der Waals surface area contributed by atoms with Crippen molar-refractivity contribution in [2.24, 2.45) is 0 Å². The molecule has 0 aromatic heterocycles. The lowest BCUT2D eigenvalue weighted by molar-refractivity contribution is 0.0987. The number of rotatable bonds is 4. The van der Waals surface area contributed by atoms with Crippen molar-refractivity contribution in [1.29, 1.82) is 0 Å². The minimum absolute atomic E-state index is 0.165. The Morgan fingerprint density at radius 2 is 1.86 bits per heavy atom. The summed E-state index contributed by atoms with van der Waals surface area (Å²) in [6.07, 6.45) is -0.165. The molecule has 0 heterocycles. The van der Waals surface area contributed by atoms with E-state index < -0.39 is 17.4 Å². The maximum Gasteiger partial charge on any atom is 0.170 e. The van der Waals surface area contributed by atoms with Crippen LogP contribution in [0.25, 0.3) is 0 Å². The molecule has 0 spiro atoms. The minimum atomic E-state index is -0.868. The monoisotopic (exact) mass is 330 g/mol. The second-order valence-electron chi connectivity index (χ2n) is 4.30. The molecule has 21 heavy (non-hydrogen) atoms. The Kier molecular flexibility index (Phi) is 4.80. The van der Waals surface area contributed by atoms with Gasteiger partial charge in [0.2, 0.25) is 0 Å². The molecule has 0 aliphatic heterocycles. The number of hydrogen-bond donors (Lipinski definition) is 0. The second kappa shape index (κ2) is 6.41. The molecule has 0 unspecified atom stereocenters. The summed E-state index contributed by atoms with van der Waals surface area (Å²) in [5.74, 6) is -1.86. The van der Waals surface area contributed by atoms with E-state index in [0.717, 1.165) is 12.1 Å². The lowest BCUT2D eigenvalue weighted by atomic mass is 10.0. The number of halogens is 4. The summed E-state index contributed by atoms with van der Waals surface area (Å²) in [6.45, 7) is 0. The molecule has 0 radical (unpaired) electrons. The van der Waals surface area contributed by atoms with E-state index in [-0.39, 0.29) is 17.0 Å². The second-order valence-corrected chi connectivity index (χ2v) is 5.15. The van der Waals surface area contributed by atoms with Crippen LogP contribution in [-0.2, 0) is 6.42 Å². The van der Waals surface area contributed by atoms with Crippen LogP contribution in [-0.4, -0.2) is 12.9 Å². The number of Topliss-reactive ketones (excluding diaryl/α,β-unsaturated/α-hetero) is 1. The first-order valence-electron chi connectivity index (χ1n) is 5.92. The van der Waals surface area contributed by atoms with Gasteiger partial charge in [-0.15, -0.1) is 0 Å². The summed E-state index contributed by atoms with van der Waals surface area (Å²) in [7, 11) is 1.44. The van der Waals surface area contributed by atoms with Gasteiger partial charge in [0.25, 0.3) is 0 Å². The van der Waals surface area contributed by atoms with Crippen LogP contribution in [0.4, 0.5) is 8.78 Å². The average molecular weight is 331 g/mol. The van der Waals surface area contributed by atoms with Gasteiger partial charge in [-0.3, -0.25) is 4.79 Å². The number of carbonyl (C=O) groups is 1. The fraction of sp³-hybridized carbons (Fsp3) is 0.133. The maximum absolute atomic E-state index is 13.7. The highest BCUT2D eigenvalue weighted by molar-refractivity contribution is 6.31. The van der Waals surface area contributed by atoms with Crippen LogP contribution >= 0.6 is 23.2 Å². The summed E-state index contributed by atoms with van der Waals surface area (Å²) >= 11 is 11.3. The van der Waals surface area contributed by atoms with Crippen LogP contribution < -0.4 is 4.74 Å². The molecule has 0 saturated heterocycles. The van der Waals surface area contributed by atoms with Gasteiger partial charge in [0.15, 0.2) is 5.78 Å². The topological polar surface area (TPSA) is 26.3 Å². The highest BCUT2D eigenvalue weighted by Gasteiger charge is 2.17. The van der Waals surface area contributed by atoms with Crippen LogP contribution in [0.2, 0.25) is 10.0 Å². The van der Waals surface area contributed by atoms with Gasteiger partial charge in [-0.2, -0.15) is 0 Å². The Hall–Kier alpha value is -1.65. The standard InChI is InChI=1S/C15H10Cl2F2O2/c1-21-15-3-2-9(16)4-8(15)5-14(20)10-6-13(19)11(17)7-12(10)18/h2-4,6-7H,5H2,1H3. The zero-order valence-electron chi connectivity index (χ0n) is 10.9. The molecule has 0 aliphatic rings. The molecule has 0 amide bonds. The third-order valence-electron chi connectivity index (χ3n) is 2.90. The van der Waals surface area contributed by atoms with Gasteiger partial charge >= 0.3 is 0 Å². The molecule has 6 heteroatoms. The van der Waals surface area contributed by atoms with Crippen LogP contribution in [0, 0.1) is 11.6 Å². The molecule has 0 aliphatic carbocycles. The van der Waals surface area contributed by atoms with Gasteiger partial charge < -0.3 is 4.74 Å². The van der Waals surface area contributed by atoms with E-state index in [4.69, 9.17) is 27.9 Å². The molecule has 0 N–H and O–H groups in total. The summed E-state index contributed by atoms with van der Waals surface area (Å²) in [5.41, 5.74) is 0.128. The molecular weight excluding hydrogens is 321 g/mol. The fourth-order valence-corrected chi connectivity index (χ4v) is 2.23. The third kappa shape index (κ3) is 3.52. The Bertz CT molecular complexity index is 702. The van der Waals surface area contributed by atoms with Crippen LogP contribution in [0.5, 0.6) is 5.75 Å². The minimum Gasteiger partial charge on any atom is -0.496 e. The lowest BCUT2D eigenvalue weighted by Crippen LogP contribution is -2.08. The van der Waals surface area contributed by atoms with E-state index in [2.05, 4.69) is 0 Å². The van der Waals surface area contributed by atoms with Crippen molar-refractivity contribution in [2.75, 3.05) is 7.11 Å². The molecule has 2 rings (SSSR count).